The molecule has 1 saturated heterocycles. The van der Waals surface area contributed by atoms with Crippen LogP contribution in [0.4, 0.5) is 4.79 Å². The first-order valence-corrected chi connectivity index (χ1v) is 5.66. The fourth-order valence-corrected chi connectivity index (χ4v) is 1.72. The van der Waals surface area contributed by atoms with Gasteiger partial charge in [0.25, 0.3) is 0 Å². The van der Waals surface area contributed by atoms with Crippen LogP contribution >= 0.6 is 0 Å². The summed E-state index contributed by atoms with van der Waals surface area (Å²) in [5.74, 6) is -1.67. The zero-order chi connectivity index (χ0) is 13.1. The quantitative estimate of drug-likeness (QED) is 0.754. The van der Waals surface area contributed by atoms with Gasteiger partial charge in [0.2, 0.25) is 5.91 Å². The predicted octanol–water partition coefficient (Wildman–Crippen LogP) is 1.39. The normalized spacial score (nSPS) is 23.9. The van der Waals surface area contributed by atoms with Gasteiger partial charge in [0.05, 0.1) is 6.61 Å². The number of likely N-dealkylation sites (tertiary alicyclic amines) is 1. The molecule has 0 bridgehead atoms. The molecule has 1 fully saturated rings. The van der Waals surface area contributed by atoms with Crippen molar-refractivity contribution < 1.29 is 24.2 Å². The lowest BCUT2D eigenvalue weighted by molar-refractivity contribution is -0.151. The van der Waals surface area contributed by atoms with Crippen LogP contribution in [-0.2, 0) is 14.3 Å². The maximum atomic E-state index is 11.7. The molecule has 1 N–H and O–H groups in total. The summed E-state index contributed by atoms with van der Waals surface area (Å²) in [6.45, 7) is 3.51. The van der Waals surface area contributed by atoms with E-state index < -0.39 is 23.5 Å². The lowest BCUT2D eigenvalue weighted by Crippen LogP contribution is -2.52. The predicted molar refractivity (Wildman–Crippen MR) is 58.4 cm³/mol. The van der Waals surface area contributed by atoms with Crippen molar-refractivity contribution in [3.63, 3.8) is 0 Å². The number of amides is 2. The summed E-state index contributed by atoms with van der Waals surface area (Å²) < 4.78 is 4.89. The van der Waals surface area contributed by atoms with Gasteiger partial charge < -0.3 is 9.84 Å². The molecule has 96 valence electrons. The van der Waals surface area contributed by atoms with Gasteiger partial charge in [-0.3, -0.25) is 4.79 Å². The lowest BCUT2D eigenvalue weighted by Gasteiger charge is -2.28. The molecule has 6 nitrogen and oxygen atoms in total. The Hall–Kier alpha value is -1.59. The molecule has 0 radical (unpaired) electrons. The molecule has 1 aliphatic heterocycles. The minimum atomic E-state index is -1.47. The van der Waals surface area contributed by atoms with E-state index in [4.69, 9.17) is 9.84 Å². The molecule has 1 atom stereocenters. The molecular weight excluding hydrogens is 226 g/mol. The number of carboxylic acids is 1. The van der Waals surface area contributed by atoms with Gasteiger partial charge in [-0.25, -0.2) is 14.5 Å². The number of carboxylic acid groups (broad SMARTS) is 1. The van der Waals surface area contributed by atoms with Crippen molar-refractivity contribution in [3.8, 4) is 0 Å². The van der Waals surface area contributed by atoms with Gasteiger partial charge in [0.1, 0.15) is 5.54 Å². The highest BCUT2D eigenvalue weighted by molar-refractivity contribution is 6.01. The van der Waals surface area contributed by atoms with Crippen LogP contribution in [0.15, 0.2) is 0 Å². The second kappa shape index (κ2) is 5.16. The number of hydrogen-bond donors (Lipinski definition) is 1. The SMILES string of the molecule is CCCCOC(=O)N1C(=O)CC[C@@]1(C)C(=O)O. The lowest BCUT2D eigenvalue weighted by atomic mass is 10.00. The van der Waals surface area contributed by atoms with E-state index in [2.05, 4.69) is 0 Å². The third kappa shape index (κ3) is 2.57. The monoisotopic (exact) mass is 243 g/mol. The summed E-state index contributed by atoms with van der Waals surface area (Å²) in [7, 11) is 0. The molecule has 2 amide bonds. The van der Waals surface area contributed by atoms with E-state index in [1.807, 2.05) is 6.92 Å². The number of ether oxygens (including phenoxy) is 1. The van der Waals surface area contributed by atoms with Crippen molar-refractivity contribution in [2.24, 2.45) is 0 Å². The fraction of sp³-hybridized carbons (Fsp3) is 0.727. The van der Waals surface area contributed by atoms with Gasteiger partial charge in [0.15, 0.2) is 0 Å². The van der Waals surface area contributed by atoms with Gasteiger partial charge >= 0.3 is 12.1 Å². The number of aliphatic carboxylic acids is 1. The first kappa shape index (κ1) is 13.5. The van der Waals surface area contributed by atoms with Crippen molar-refractivity contribution in [1.82, 2.24) is 4.90 Å². The third-order valence-electron chi connectivity index (χ3n) is 2.94. The standard InChI is InChI=1S/C11H17NO5/c1-3-4-7-17-10(16)12-8(13)5-6-11(12,2)9(14)15/h3-7H2,1-2H3,(H,14,15)/t11-/m0/s1. The Morgan fingerprint density at radius 3 is 2.71 bits per heavy atom. The number of imide groups is 1. The minimum Gasteiger partial charge on any atom is -0.479 e. The first-order valence-electron chi connectivity index (χ1n) is 5.66. The molecule has 17 heavy (non-hydrogen) atoms. The van der Waals surface area contributed by atoms with E-state index in [0.717, 1.165) is 11.3 Å². The van der Waals surface area contributed by atoms with E-state index >= 15 is 0 Å². The molecule has 1 heterocycles. The van der Waals surface area contributed by atoms with E-state index in [-0.39, 0.29) is 19.4 Å². The molecule has 6 heteroatoms. The maximum Gasteiger partial charge on any atom is 0.417 e. The van der Waals surface area contributed by atoms with Crippen LogP contribution < -0.4 is 0 Å². The number of carbonyl (C=O) groups is 3. The highest BCUT2D eigenvalue weighted by Crippen LogP contribution is 2.30. The number of rotatable bonds is 4. The summed E-state index contributed by atoms with van der Waals surface area (Å²) in [5.41, 5.74) is -1.47. The smallest absolute Gasteiger partial charge is 0.417 e. The molecular formula is C11H17NO5. The topological polar surface area (TPSA) is 83.9 Å². The zero-order valence-corrected chi connectivity index (χ0v) is 10.1. The minimum absolute atomic E-state index is 0.0612. The van der Waals surface area contributed by atoms with Crippen molar-refractivity contribution in [1.29, 1.82) is 0 Å². The Kier molecular flexibility index (Phi) is 4.09. The average Bonchev–Trinajstić information content (AvgIpc) is 2.56. The van der Waals surface area contributed by atoms with Crippen LogP contribution in [-0.4, -0.2) is 40.1 Å². The van der Waals surface area contributed by atoms with Gasteiger partial charge in [-0.2, -0.15) is 0 Å². The van der Waals surface area contributed by atoms with Gasteiger partial charge in [-0.05, 0) is 19.8 Å². The Morgan fingerprint density at radius 2 is 2.18 bits per heavy atom. The number of unbranched alkanes of at least 4 members (excludes halogenated alkanes) is 1. The van der Waals surface area contributed by atoms with Crippen molar-refractivity contribution in [2.45, 2.75) is 45.1 Å². The Balaban J connectivity index is 2.75. The van der Waals surface area contributed by atoms with Crippen molar-refractivity contribution in [2.75, 3.05) is 6.61 Å². The highest BCUT2D eigenvalue weighted by Gasteiger charge is 2.51. The molecule has 0 saturated carbocycles. The maximum absolute atomic E-state index is 11.7. The second-order valence-corrected chi connectivity index (χ2v) is 4.28. The van der Waals surface area contributed by atoms with E-state index in [9.17, 15) is 14.4 Å². The summed E-state index contributed by atoms with van der Waals surface area (Å²) in [6, 6.07) is 0. The number of carbonyl (C=O) groups excluding carboxylic acids is 2. The van der Waals surface area contributed by atoms with E-state index in [1.54, 1.807) is 0 Å². The molecule has 0 spiro atoms. The average molecular weight is 243 g/mol. The fourth-order valence-electron chi connectivity index (χ4n) is 1.72. The molecule has 0 aromatic carbocycles. The molecule has 0 unspecified atom stereocenters. The number of nitrogens with zero attached hydrogens (tertiary/aromatic N) is 1. The van der Waals surface area contributed by atoms with Crippen LogP contribution in [0, 0.1) is 0 Å². The first-order chi connectivity index (χ1) is 7.93. The van der Waals surface area contributed by atoms with Crippen LogP contribution in [0.1, 0.15) is 39.5 Å². The van der Waals surface area contributed by atoms with E-state index in [0.29, 0.717) is 6.42 Å². The molecule has 0 aromatic heterocycles. The third-order valence-corrected chi connectivity index (χ3v) is 2.94. The summed E-state index contributed by atoms with van der Waals surface area (Å²) in [5, 5.41) is 9.08. The van der Waals surface area contributed by atoms with Crippen molar-refractivity contribution in [3.05, 3.63) is 0 Å². The van der Waals surface area contributed by atoms with Crippen LogP contribution in [0.2, 0.25) is 0 Å². The Labute approximate surface area is 99.5 Å². The van der Waals surface area contributed by atoms with Crippen LogP contribution in [0.5, 0.6) is 0 Å². The molecule has 0 aromatic rings. The highest BCUT2D eigenvalue weighted by atomic mass is 16.6. The van der Waals surface area contributed by atoms with Crippen LogP contribution in [0.3, 0.4) is 0 Å². The number of hydrogen-bond acceptors (Lipinski definition) is 4. The van der Waals surface area contributed by atoms with Gasteiger partial charge in [0, 0.05) is 6.42 Å². The Morgan fingerprint density at radius 1 is 1.53 bits per heavy atom. The van der Waals surface area contributed by atoms with Crippen LogP contribution in [0.25, 0.3) is 0 Å². The zero-order valence-electron chi connectivity index (χ0n) is 10.1. The summed E-state index contributed by atoms with van der Waals surface area (Å²) >= 11 is 0. The van der Waals surface area contributed by atoms with Gasteiger partial charge in [-0.1, -0.05) is 13.3 Å². The van der Waals surface area contributed by atoms with Crippen molar-refractivity contribution >= 4 is 18.0 Å². The largest absolute Gasteiger partial charge is 0.479 e. The molecule has 0 aliphatic carbocycles. The molecule has 1 aliphatic rings. The summed E-state index contributed by atoms with van der Waals surface area (Å²) in [6.07, 6.45) is 0.885. The Bertz CT molecular complexity index is 341. The second-order valence-electron chi connectivity index (χ2n) is 4.28. The molecule has 1 rings (SSSR count). The van der Waals surface area contributed by atoms with Gasteiger partial charge in [-0.15, -0.1) is 0 Å². The summed E-state index contributed by atoms with van der Waals surface area (Å²) in [4.78, 5) is 35.0. The van der Waals surface area contributed by atoms with E-state index in [1.165, 1.54) is 6.92 Å².